The lowest BCUT2D eigenvalue weighted by Gasteiger charge is -2.23. The lowest BCUT2D eigenvalue weighted by molar-refractivity contribution is -0.149. The van der Waals surface area contributed by atoms with E-state index in [9.17, 15) is 19.2 Å². The van der Waals surface area contributed by atoms with E-state index in [1.807, 2.05) is 5.32 Å². The molecule has 31 heavy (non-hydrogen) atoms. The second kappa shape index (κ2) is 17.7. The maximum absolute atomic E-state index is 11.8. The number of carbonyl (C=O) groups is 4. The molecule has 0 aromatic rings. The van der Waals surface area contributed by atoms with Crippen LogP contribution in [0.4, 0.5) is 4.79 Å². The zero-order valence-electron chi connectivity index (χ0n) is 19.4. The first-order chi connectivity index (χ1) is 15.0. The molecule has 1 aliphatic heterocycles. The van der Waals surface area contributed by atoms with Crippen LogP contribution in [0.2, 0.25) is 0 Å². The van der Waals surface area contributed by atoms with Gasteiger partial charge in [-0.3, -0.25) is 24.6 Å². The van der Waals surface area contributed by atoms with Gasteiger partial charge in [0.05, 0.1) is 6.61 Å². The minimum absolute atomic E-state index is 0.292. The topological polar surface area (TPSA) is 92.8 Å². The van der Waals surface area contributed by atoms with Gasteiger partial charge in [0.2, 0.25) is 11.8 Å². The molecule has 1 aliphatic rings. The number of unbranched alkanes of at least 4 members (excludes halogenated alkanes) is 15. The standard InChI is InChI=1S/C24H42N2O5/c1-2-3-4-5-6-7-8-9-10-11-12-13-14-15-16-17-18-31-23(29)20-26-22(28)19-21(27)25-24(26)30/h2-20H2,1H3,(H,25,27,30). The zero-order chi connectivity index (χ0) is 22.7. The number of hydrogen-bond acceptors (Lipinski definition) is 5. The summed E-state index contributed by atoms with van der Waals surface area (Å²) < 4.78 is 5.09. The second-order valence-electron chi connectivity index (χ2n) is 8.53. The molecule has 0 bridgehead atoms. The fourth-order valence-electron chi connectivity index (χ4n) is 3.75. The van der Waals surface area contributed by atoms with E-state index >= 15 is 0 Å². The van der Waals surface area contributed by atoms with Crippen molar-refractivity contribution in [3.63, 3.8) is 0 Å². The van der Waals surface area contributed by atoms with Gasteiger partial charge in [-0.15, -0.1) is 0 Å². The van der Waals surface area contributed by atoms with E-state index in [-0.39, 0.29) is 0 Å². The number of nitrogens with one attached hydrogen (secondary N) is 1. The fourth-order valence-corrected chi connectivity index (χ4v) is 3.75. The summed E-state index contributed by atoms with van der Waals surface area (Å²) in [4.78, 5) is 46.7. The highest BCUT2D eigenvalue weighted by atomic mass is 16.5. The van der Waals surface area contributed by atoms with Gasteiger partial charge in [-0.2, -0.15) is 0 Å². The summed E-state index contributed by atoms with van der Waals surface area (Å²) in [5, 5.41) is 2.01. The van der Waals surface area contributed by atoms with Crippen molar-refractivity contribution in [2.45, 2.75) is 116 Å². The summed E-state index contributed by atoms with van der Waals surface area (Å²) in [7, 11) is 0. The van der Waals surface area contributed by atoms with Crippen molar-refractivity contribution in [1.82, 2.24) is 10.2 Å². The first-order valence-corrected chi connectivity index (χ1v) is 12.3. The molecule has 0 aliphatic carbocycles. The van der Waals surface area contributed by atoms with Crippen LogP contribution in [0.5, 0.6) is 0 Å². The Balaban J connectivity index is 1.84. The Bertz CT molecular complexity index is 530. The zero-order valence-corrected chi connectivity index (χ0v) is 19.4. The molecule has 1 fully saturated rings. The van der Waals surface area contributed by atoms with Gasteiger partial charge in [-0.25, -0.2) is 4.79 Å². The van der Waals surface area contributed by atoms with E-state index in [1.54, 1.807) is 0 Å². The largest absolute Gasteiger partial charge is 0.464 e. The molecule has 0 radical (unpaired) electrons. The molecule has 0 saturated carbocycles. The fraction of sp³-hybridized carbons (Fsp3) is 0.833. The average Bonchev–Trinajstić information content (AvgIpc) is 2.73. The smallest absolute Gasteiger partial charge is 0.331 e. The van der Waals surface area contributed by atoms with E-state index in [2.05, 4.69) is 6.92 Å². The summed E-state index contributed by atoms with van der Waals surface area (Å²) in [6.45, 7) is 2.10. The molecule has 1 saturated heterocycles. The predicted octanol–water partition coefficient (Wildman–Crippen LogP) is 5.26. The first kappa shape index (κ1) is 27.1. The Morgan fingerprint density at radius 3 is 1.68 bits per heavy atom. The van der Waals surface area contributed by atoms with Crippen LogP contribution in [0, 0.1) is 0 Å². The van der Waals surface area contributed by atoms with Gasteiger partial charge >= 0.3 is 12.0 Å². The Morgan fingerprint density at radius 1 is 0.774 bits per heavy atom. The SMILES string of the molecule is CCCCCCCCCCCCCCCCCCOC(=O)CN1C(=O)CC(=O)NC1=O. The van der Waals surface area contributed by atoms with Crippen molar-refractivity contribution in [3.05, 3.63) is 0 Å². The van der Waals surface area contributed by atoms with Crippen LogP contribution in [0.25, 0.3) is 0 Å². The lowest BCUT2D eigenvalue weighted by Crippen LogP contribution is -2.54. The number of carbonyl (C=O) groups excluding carboxylic acids is 4. The third kappa shape index (κ3) is 13.9. The average molecular weight is 439 g/mol. The van der Waals surface area contributed by atoms with Crippen molar-refractivity contribution >= 4 is 23.8 Å². The summed E-state index contributed by atoms with van der Waals surface area (Å²) in [6.07, 6.45) is 20.1. The summed E-state index contributed by atoms with van der Waals surface area (Å²) >= 11 is 0. The molecule has 0 aromatic carbocycles. The van der Waals surface area contributed by atoms with E-state index in [4.69, 9.17) is 4.74 Å². The second-order valence-corrected chi connectivity index (χ2v) is 8.53. The van der Waals surface area contributed by atoms with E-state index in [0.29, 0.717) is 6.61 Å². The van der Waals surface area contributed by atoms with Crippen LogP contribution in [0.3, 0.4) is 0 Å². The summed E-state index contributed by atoms with van der Waals surface area (Å²) in [5.74, 6) is -1.94. The van der Waals surface area contributed by atoms with Gasteiger partial charge in [0, 0.05) is 0 Å². The number of urea groups is 1. The molecular formula is C24H42N2O5. The number of nitrogens with zero attached hydrogens (tertiary/aromatic N) is 1. The van der Waals surface area contributed by atoms with Crippen LogP contribution < -0.4 is 5.32 Å². The molecule has 178 valence electrons. The summed E-state index contributed by atoms with van der Waals surface area (Å²) in [6, 6.07) is -0.861. The van der Waals surface area contributed by atoms with Crippen LogP contribution >= 0.6 is 0 Å². The Hall–Kier alpha value is -1.92. The molecule has 1 N–H and O–H groups in total. The Labute approximate surface area is 187 Å². The highest BCUT2D eigenvalue weighted by Crippen LogP contribution is 2.13. The molecule has 4 amide bonds. The number of barbiturate groups is 1. The lowest BCUT2D eigenvalue weighted by atomic mass is 10.0. The third-order valence-corrected chi connectivity index (χ3v) is 5.65. The van der Waals surface area contributed by atoms with Crippen molar-refractivity contribution in [2.75, 3.05) is 13.2 Å². The summed E-state index contributed by atoms with van der Waals surface area (Å²) in [5.41, 5.74) is 0. The number of ether oxygens (including phenoxy) is 1. The minimum atomic E-state index is -0.861. The number of rotatable bonds is 19. The molecule has 0 aromatic heterocycles. The molecule has 7 heteroatoms. The van der Waals surface area contributed by atoms with Crippen LogP contribution in [0.1, 0.15) is 116 Å². The maximum Gasteiger partial charge on any atom is 0.331 e. The maximum atomic E-state index is 11.8. The molecule has 7 nitrogen and oxygen atoms in total. The molecule has 1 rings (SSSR count). The van der Waals surface area contributed by atoms with Crippen LogP contribution in [0.15, 0.2) is 0 Å². The van der Waals surface area contributed by atoms with Gasteiger partial charge < -0.3 is 4.74 Å². The Morgan fingerprint density at radius 2 is 1.23 bits per heavy atom. The van der Waals surface area contributed by atoms with Crippen molar-refractivity contribution in [1.29, 1.82) is 0 Å². The molecule has 0 unspecified atom stereocenters. The van der Waals surface area contributed by atoms with Gasteiger partial charge in [0.25, 0.3) is 0 Å². The van der Waals surface area contributed by atoms with E-state index in [1.165, 1.54) is 83.5 Å². The predicted molar refractivity (Wildman–Crippen MR) is 120 cm³/mol. The molecular weight excluding hydrogens is 396 g/mol. The van der Waals surface area contributed by atoms with Crippen LogP contribution in [-0.2, 0) is 19.1 Å². The van der Waals surface area contributed by atoms with E-state index < -0.39 is 36.8 Å². The van der Waals surface area contributed by atoms with Crippen molar-refractivity contribution in [3.8, 4) is 0 Å². The van der Waals surface area contributed by atoms with E-state index in [0.717, 1.165) is 24.2 Å². The van der Waals surface area contributed by atoms with Crippen LogP contribution in [-0.4, -0.2) is 41.9 Å². The van der Waals surface area contributed by atoms with Crippen molar-refractivity contribution in [2.24, 2.45) is 0 Å². The van der Waals surface area contributed by atoms with Gasteiger partial charge in [0.15, 0.2) is 0 Å². The number of imide groups is 2. The highest BCUT2D eigenvalue weighted by molar-refractivity contribution is 6.14. The van der Waals surface area contributed by atoms with Crippen molar-refractivity contribution < 1.29 is 23.9 Å². The number of esters is 1. The Kier molecular flexibility index (Phi) is 15.5. The monoisotopic (exact) mass is 438 g/mol. The normalized spacial score (nSPS) is 14.1. The molecule has 0 atom stereocenters. The molecule has 1 heterocycles. The minimum Gasteiger partial charge on any atom is -0.464 e. The quantitative estimate of drug-likeness (QED) is 0.169. The number of amides is 4. The molecule has 0 spiro atoms. The van der Waals surface area contributed by atoms with Gasteiger partial charge in [-0.1, -0.05) is 103 Å². The van der Waals surface area contributed by atoms with Gasteiger partial charge in [-0.05, 0) is 6.42 Å². The third-order valence-electron chi connectivity index (χ3n) is 5.65. The highest BCUT2D eigenvalue weighted by Gasteiger charge is 2.32. The number of hydrogen-bond donors (Lipinski definition) is 1. The first-order valence-electron chi connectivity index (χ1n) is 12.3. The van der Waals surface area contributed by atoms with Gasteiger partial charge in [0.1, 0.15) is 13.0 Å².